The normalized spacial score (nSPS) is 11.3. The summed E-state index contributed by atoms with van der Waals surface area (Å²) in [5.41, 5.74) is 2.15. The van der Waals surface area contributed by atoms with Crippen LogP contribution in [-0.4, -0.2) is 21.1 Å². The summed E-state index contributed by atoms with van der Waals surface area (Å²) in [4.78, 5) is 18.2. The van der Waals surface area contributed by atoms with E-state index in [1.54, 1.807) is 35.8 Å². The Hall–Kier alpha value is -3.55. The lowest BCUT2D eigenvalue weighted by Crippen LogP contribution is -2.08. The number of aryl methyl sites for hydroxylation is 1. The average Bonchev–Trinajstić information content (AvgIpc) is 2.97. The molecule has 0 bridgehead atoms. The number of ether oxygens (including phenoxy) is 1. The zero-order valence-electron chi connectivity index (χ0n) is 15.3. The highest BCUT2D eigenvalue weighted by Gasteiger charge is 2.16. The zero-order valence-corrected chi connectivity index (χ0v) is 15.3. The largest absolute Gasteiger partial charge is 0.434 e. The number of aromatic amines is 1. The van der Waals surface area contributed by atoms with Gasteiger partial charge in [-0.3, -0.25) is 4.79 Å². The van der Waals surface area contributed by atoms with Crippen molar-refractivity contribution >= 4 is 11.0 Å². The number of aromatic nitrogens is 3. The topological polar surface area (TPSA) is 59.9 Å². The molecule has 2 heterocycles. The molecule has 0 aliphatic carbocycles. The third-order valence-corrected chi connectivity index (χ3v) is 4.64. The molecule has 0 aliphatic heterocycles. The molecule has 148 valence electrons. The van der Waals surface area contributed by atoms with Gasteiger partial charge in [0, 0.05) is 35.0 Å². The fourth-order valence-electron chi connectivity index (χ4n) is 3.28. The van der Waals surface area contributed by atoms with Gasteiger partial charge in [0.25, 0.3) is 0 Å². The quantitative estimate of drug-likeness (QED) is 0.538. The third-order valence-electron chi connectivity index (χ3n) is 4.64. The molecule has 4 rings (SSSR count). The number of alkyl halides is 2. The molecule has 0 unspecified atom stereocenters. The SMILES string of the molecule is Cc1nc2cc(F)c(-c3ccc(=O)[nH]c3)cc2n1Cc1ccccc1OC(F)F. The Labute approximate surface area is 163 Å². The van der Waals surface area contributed by atoms with Crippen LogP contribution < -0.4 is 10.3 Å². The Kier molecular flexibility index (Phi) is 4.84. The molecular weight excluding hydrogens is 383 g/mol. The number of rotatable bonds is 5. The highest BCUT2D eigenvalue weighted by Crippen LogP contribution is 2.29. The van der Waals surface area contributed by atoms with Gasteiger partial charge >= 0.3 is 6.61 Å². The van der Waals surface area contributed by atoms with Gasteiger partial charge in [-0.1, -0.05) is 18.2 Å². The third kappa shape index (κ3) is 3.73. The fourth-order valence-corrected chi connectivity index (χ4v) is 3.28. The number of hydrogen-bond donors (Lipinski definition) is 1. The number of imidazole rings is 1. The number of H-pyrrole nitrogens is 1. The summed E-state index contributed by atoms with van der Waals surface area (Å²) >= 11 is 0. The van der Waals surface area contributed by atoms with E-state index in [-0.39, 0.29) is 17.9 Å². The van der Waals surface area contributed by atoms with Crippen LogP contribution >= 0.6 is 0 Å². The van der Waals surface area contributed by atoms with Gasteiger partial charge in [-0.2, -0.15) is 8.78 Å². The molecule has 0 aliphatic rings. The molecule has 5 nitrogen and oxygen atoms in total. The summed E-state index contributed by atoms with van der Waals surface area (Å²) in [6, 6.07) is 12.3. The maximum Gasteiger partial charge on any atom is 0.387 e. The lowest BCUT2D eigenvalue weighted by molar-refractivity contribution is -0.0504. The summed E-state index contributed by atoms with van der Waals surface area (Å²) < 4.78 is 46.5. The van der Waals surface area contributed by atoms with Crippen molar-refractivity contribution in [3.8, 4) is 16.9 Å². The van der Waals surface area contributed by atoms with Crippen molar-refractivity contribution in [2.24, 2.45) is 0 Å². The van der Waals surface area contributed by atoms with E-state index in [4.69, 9.17) is 0 Å². The van der Waals surface area contributed by atoms with Crippen LogP contribution in [0.15, 0.2) is 59.5 Å². The van der Waals surface area contributed by atoms with Gasteiger partial charge in [-0.05, 0) is 25.1 Å². The minimum Gasteiger partial charge on any atom is -0.434 e. The van der Waals surface area contributed by atoms with Gasteiger partial charge in [-0.15, -0.1) is 0 Å². The zero-order chi connectivity index (χ0) is 20.5. The van der Waals surface area contributed by atoms with E-state index in [9.17, 15) is 18.0 Å². The average molecular weight is 399 g/mol. The van der Waals surface area contributed by atoms with Crippen LogP contribution in [0, 0.1) is 12.7 Å². The molecule has 8 heteroatoms. The van der Waals surface area contributed by atoms with Gasteiger partial charge in [0.2, 0.25) is 5.56 Å². The maximum absolute atomic E-state index is 14.6. The number of hydrogen-bond acceptors (Lipinski definition) is 3. The monoisotopic (exact) mass is 399 g/mol. The predicted molar refractivity (Wildman–Crippen MR) is 103 cm³/mol. The van der Waals surface area contributed by atoms with Crippen molar-refractivity contribution in [1.82, 2.24) is 14.5 Å². The van der Waals surface area contributed by atoms with E-state index < -0.39 is 12.4 Å². The molecule has 0 saturated carbocycles. The molecule has 0 spiro atoms. The van der Waals surface area contributed by atoms with Gasteiger partial charge in [0.05, 0.1) is 17.6 Å². The van der Waals surface area contributed by atoms with Crippen LogP contribution in [-0.2, 0) is 6.54 Å². The van der Waals surface area contributed by atoms with Crippen LogP contribution in [0.1, 0.15) is 11.4 Å². The molecular formula is C21H16F3N3O2. The van der Waals surface area contributed by atoms with E-state index in [0.29, 0.717) is 33.5 Å². The Morgan fingerprint density at radius 2 is 1.97 bits per heavy atom. The number of para-hydroxylation sites is 1. The second-order valence-electron chi connectivity index (χ2n) is 6.49. The standard InChI is InChI=1S/C21H16F3N3O2/c1-12-26-17-9-16(22)15(13-6-7-20(28)25-10-13)8-18(17)27(12)11-14-4-2-3-5-19(14)29-21(23)24/h2-10,21H,11H2,1H3,(H,25,28). The summed E-state index contributed by atoms with van der Waals surface area (Å²) in [6.07, 6.45) is 1.44. The molecule has 0 radical (unpaired) electrons. The number of nitrogens with one attached hydrogen (secondary N) is 1. The number of pyridine rings is 1. The first-order valence-electron chi connectivity index (χ1n) is 8.80. The molecule has 0 saturated heterocycles. The summed E-state index contributed by atoms with van der Waals surface area (Å²) in [7, 11) is 0. The number of halogens is 3. The minimum atomic E-state index is -2.93. The molecule has 0 fully saturated rings. The molecule has 29 heavy (non-hydrogen) atoms. The lowest BCUT2D eigenvalue weighted by Gasteiger charge is -2.13. The molecule has 0 atom stereocenters. The second-order valence-corrected chi connectivity index (χ2v) is 6.49. The van der Waals surface area contributed by atoms with E-state index >= 15 is 0 Å². The van der Waals surface area contributed by atoms with Crippen molar-refractivity contribution in [3.63, 3.8) is 0 Å². The Balaban J connectivity index is 1.81. The summed E-state index contributed by atoms with van der Waals surface area (Å²) in [6.45, 7) is -0.950. The minimum absolute atomic E-state index is 0.0757. The van der Waals surface area contributed by atoms with Crippen LogP contribution in [0.2, 0.25) is 0 Å². The smallest absolute Gasteiger partial charge is 0.387 e. The highest BCUT2D eigenvalue weighted by atomic mass is 19.3. The van der Waals surface area contributed by atoms with Gasteiger partial charge in [-0.25, -0.2) is 9.37 Å². The van der Waals surface area contributed by atoms with Crippen molar-refractivity contribution in [2.75, 3.05) is 0 Å². The first kappa shape index (κ1) is 18.8. The lowest BCUT2D eigenvalue weighted by atomic mass is 10.1. The fraction of sp³-hybridized carbons (Fsp3) is 0.143. The molecule has 1 N–H and O–H groups in total. The van der Waals surface area contributed by atoms with E-state index in [1.807, 2.05) is 0 Å². The summed E-state index contributed by atoms with van der Waals surface area (Å²) in [5.74, 6) is 0.201. The molecule has 2 aromatic carbocycles. The van der Waals surface area contributed by atoms with Crippen molar-refractivity contribution in [3.05, 3.63) is 82.3 Å². The number of benzene rings is 2. The maximum atomic E-state index is 14.6. The molecule has 0 amide bonds. The van der Waals surface area contributed by atoms with Crippen molar-refractivity contribution in [1.29, 1.82) is 0 Å². The Morgan fingerprint density at radius 3 is 2.69 bits per heavy atom. The highest BCUT2D eigenvalue weighted by molar-refractivity contribution is 5.83. The second kappa shape index (κ2) is 7.46. The van der Waals surface area contributed by atoms with Crippen molar-refractivity contribution < 1.29 is 17.9 Å². The summed E-state index contributed by atoms with van der Waals surface area (Å²) in [5, 5.41) is 0. The first-order chi connectivity index (χ1) is 13.9. The molecule has 4 aromatic rings. The van der Waals surface area contributed by atoms with E-state index in [2.05, 4.69) is 14.7 Å². The van der Waals surface area contributed by atoms with Gasteiger partial charge < -0.3 is 14.3 Å². The van der Waals surface area contributed by atoms with Gasteiger partial charge in [0.1, 0.15) is 17.4 Å². The van der Waals surface area contributed by atoms with Crippen molar-refractivity contribution in [2.45, 2.75) is 20.1 Å². The van der Waals surface area contributed by atoms with E-state index in [0.717, 1.165) is 0 Å². The van der Waals surface area contributed by atoms with Crippen LogP contribution in [0.4, 0.5) is 13.2 Å². The first-order valence-corrected chi connectivity index (χ1v) is 8.80. The van der Waals surface area contributed by atoms with Crippen LogP contribution in [0.5, 0.6) is 5.75 Å². The Morgan fingerprint density at radius 1 is 1.17 bits per heavy atom. The van der Waals surface area contributed by atoms with Crippen LogP contribution in [0.3, 0.4) is 0 Å². The Bertz CT molecular complexity index is 1230. The number of nitrogens with zero attached hydrogens (tertiary/aromatic N) is 2. The molecule has 2 aromatic heterocycles. The predicted octanol–water partition coefficient (Wildman–Crippen LogP) is 4.49. The van der Waals surface area contributed by atoms with Crippen LogP contribution in [0.25, 0.3) is 22.2 Å². The number of fused-ring (bicyclic) bond motifs is 1. The van der Waals surface area contributed by atoms with E-state index in [1.165, 1.54) is 30.5 Å². The van der Waals surface area contributed by atoms with Gasteiger partial charge in [0.15, 0.2) is 0 Å².